The highest BCUT2D eigenvalue weighted by atomic mass is 16.1. The molecule has 0 atom stereocenters. The third kappa shape index (κ3) is 4.18. The fourth-order valence-electron chi connectivity index (χ4n) is 2.90. The monoisotopic (exact) mass is 336 g/mol. The number of aromatic amines is 1. The summed E-state index contributed by atoms with van der Waals surface area (Å²) in [5, 5.41) is 2.94. The first kappa shape index (κ1) is 17.0. The van der Waals surface area contributed by atoms with Crippen molar-refractivity contribution >= 4 is 5.91 Å². The molecule has 25 heavy (non-hydrogen) atoms. The Morgan fingerprint density at radius 2 is 2.08 bits per heavy atom. The van der Waals surface area contributed by atoms with Crippen LogP contribution in [-0.4, -0.2) is 27.0 Å². The molecule has 0 aliphatic rings. The molecule has 0 fully saturated rings. The lowest BCUT2D eigenvalue weighted by Crippen LogP contribution is -2.25. The number of aryl methyl sites for hydroxylation is 1. The number of aromatic nitrogens is 3. The Bertz CT molecular complexity index is 833. The first-order valence-electron chi connectivity index (χ1n) is 8.70. The molecule has 1 aromatic carbocycles. The number of carbonyl (C=O) groups is 1. The Balaban J connectivity index is 1.72. The summed E-state index contributed by atoms with van der Waals surface area (Å²) in [6, 6.07) is 12.4. The standard InChI is InChI=1S/C20H24N4O/c1-3-6-19(25)22-12-10-17-14-24(2)20(23-17)16-8-4-7-15(13-16)18-9-5-11-21-18/h4-5,7-9,11,13-14,21H,3,6,10,12H2,1-2H3,(H,22,25). The van der Waals surface area contributed by atoms with E-state index >= 15 is 0 Å². The van der Waals surface area contributed by atoms with Crippen LogP contribution in [0.3, 0.4) is 0 Å². The van der Waals surface area contributed by atoms with E-state index in [0.29, 0.717) is 13.0 Å². The second-order valence-corrected chi connectivity index (χ2v) is 6.18. The Kier molecular flexibility index (Phi) is 5.33. The lowest BCUT2D eigenvalue weighted by molar-refractivity contribution is -0.121. The first-order valence-corrected chi connectivity index (χ1v) is 8.70. The van der Waals surface area contributed by atoms with Gasteiger partial charge >= 0.3 is 0 Å². The summed E-state index contributed by atoms with van der Waals surface area (Å²) < 4.78 is 2.04. The van der Waals surface area contributed by atoms with Crippen LogP contribution in [0.15, 0.2) is 48.8 Å². The van der Waals surface area contributed by atoms with Crippen LogP contribution in [0.1, 0.15) is 25.5 Å². The predicted octanol–water partition coefficient (Wildman–Crippen LogP) is 3.54. The van der Waals surface area contributed by atoms with Gasteiger partial charge in [-0.2, -0.15) is 0 Å². The van der Waals surface area contributed by atoms with E-state index in [1.165, 1.54) is 0 Å². The molecule has 0 saturated carbocycles. The third-order valence-corrected chi connectivity index (χ3v) is 4.14. The Labute approximate surface area is 148 Å². The minimum absolute atomic E-state index is 0.109. The summed E-state index contributed by atoms with van der Waals surface area (Å²) in [6.07, 6.45) is 6.14. The number of amides is 1. The molecular formula is C20H24N4O. The van der Waals surface area contributed by atoms with E-state index in [4.69, 9.17) is 4.98 Å². The average Bonchev–Trinajstić information content (AvgIpc) is 3.25. The molecule has 2 heterocycles. The smallest absolute Gasteiger partial charge is 0.219 e. The summed E-state index contributed by atoms with van der Waals surface area (Å²) in [5.74, 6) is 1.04. The van der Waals surface area contributed by atoms with Crippen LogP contribution in [-0.2, 0) is 18.3 Å². The molecule has 1 amide bonds. The molecule has 2 aromatic heterocycles. The van der Waals surface area contributed by atoms with Gasteiger partial charge in [0.15, 0.2) is 0 Å². The van der Waals surface area contributed by atoms with Gasteiger partial charge in [-0.3, -0.25) is 4.79 Å². The SMILES string of the molecule is CCCC(=O)NCCc1cn(C)c(-c2cccc(-c3ccc[nH]3)c2)n1. The summed E-state index contributed by atoms with van der Waals surface area (Å²) in [6.45, 7) is 2.63. The number of benzene rings is 1. The molecule has 0 unspecified atom stereocenters. The van der Waals surface area contributed by atoms with Gasteiger partial charge in [0, 0.05) is 50.1 Å². The lowest BCUT2D eigenvalue weighted by Gasteiger charge is -2.04. The molecule has 0 radical (unpaired) electrons. The van der Waals surface area contributed by atoms with E-state index in [-0.39, 0.29) is 5.91 Å². The summed E-state index contributed by atoms with van der Waals surface area (Å²) >= 11 is 0. The van der Waals surface area contributed by atoms with Crippen LogP contribution in [0.5, 0.6) is 0 Å². The summed E-state index contributed by atoms with van der Waals surface area (Å²) in [5.41, 5.74) is 4.30. The molecular weight excluding hydrogens is 312 g/mol. The number of carbonyl (C=O) groups excluding carboxylic acids is 1. The number of nitrogens with zero attached hydrogens (tertiary/aromatic N) is 2. The van der Waals surface area contributed by atoms with Gasteiger partial charge in [0.25, 0.3) is 0 Å². The van der Waals surface area contributed by atoms with Crippen molar-refractivity contribution in [3.63, 3.8) is 0 Å². The average molecular weight is 336 g/mol. The molecule has 3 aromatic rings. The van der Waals surface area contributed by atoms with Gasteiger partial charge in [0.05, 0.1) is 5.69 Å². The molecule has 0 spiro atoms. The molecule has 2 N–H and O–H groups in total. The third-order valence-electron chi connectivity index (χ3n) is 4.14. The van der Waals surface area contributed by atoms with Crippen molar-refractivity contribution in [1.82, 2.24) is 19.9 Å². The van der Waals surface area contributed by atoms with E-state index < -0.39 is 0 Å². The molecule has 5 heteroatoms. The summed E-state index contributed by atoms with van der Waals surface area (Å²) in [4.78, 5) is 19.5. The largest absolute Gasteiger partial charge is 0.361 e. The van der Waals surface area contributed by atoms with Gasteiger partial charge in [-0.25, -0.2) is 4.98 Å². The number of nitrogens with one attached hydrogen (secondary N) is 2. The van der Waals surface area contributed by atoms with Crippen molar-refractivity contribution in [3.8, 4) is 22.6 Å². The maximum absolute atomic E-state index is 11.5. The Morgan fingerprint density at radius 1 is 1.24 bits per heavy atom. The van der Waals surface area contributed by atoms with E-state index in [2.05, 4.69) is 34.6 Å². The van der Waals surface area contributed by atoms with Gasteiger partial charge in [0.1, 0.15) is 5.82 Å². The highest BCUT2D eigenvalue weighted by Gasteiger charge is 2.09. The van der Waals surface area contributed by atoms with Crippen LogP contribution in [0.25, 0.3) is 22.6 Å². The second-order valence-electron chi connectivity index (χ2n) is 6.18. The number of hydrogen-bond acceptors (Lipinski definition) is 2. The molecule has 5 nitrogen and oxygen atoms in total. The fraction of sp³-hybridized carbons (Fsp3) is 0.300. The minimum atomic E-state index is 0.109. The van der Waals surface area contributed by atoms with Crippen molar-refractivity contribution in [2.75, 3.05) is 6.54 Å². The van der Waals surface area contributed by atoms with Gasteiger partial charge in [-0.15, -0.1) is 0 Å². The van der Waals surface area contributed by atoms with E-state index in [1.807, 2.05) is 43.1 Å². The Hall–Kier alpha value is -2.82. The number of hydrogen-bond donors (Lipinski definition) is 2. The van der Waals surface area contributed by atoms with E-state index in [9.17, 15) is 4.79 Å². The van der Waals surface area contributed by atoms with Crippen LogP contribution in [0.4, 0.5) is 0 Å². The fourth-order valence-corrected chi connectivity index (χ4v) is 2.90. The van der Waals surface area contributed by atoms with Gasteiger partial charge in [0.2, 0.25) is 5.91 Å². The topological polar surface area (TPSA) is 62.7 Å². The molecule has 0 aliphatic heterocycles. The van der Waals surface area contributed by atoms with Crippen molar-refractivity contribution in [2.24, 2.45) is 7.05 Å². The Morgan fingerprint density at radius 3 is 2.84 bits per heavy atom. The first-order chi connectivity index (χ1) is 12.2. The van der Waals surface area contributed by atoms with Crippen LogP contribution < -0.4 is 5.32 Å². The lowest BCUT2D eigenvalue weighted by atomic mass is 10.1. The number of rotatable bonds is 7. The van der Waals surface area contributed by atoms with Crippen molar-refractivity contribution < 1.29 is 4.79 Å². The maximum Gasteiger partial charge on any atom is 0.219 e. The second kappa shape index (κ2) is 7.83. The van der Waals surface area contributed by atoms with E-state index in [1.54, 1.807) is 0 Å². The van der Waals surface area contributed by atoms with Crippen LogP contribution >= 0.6 is 0 Å². The highest BCUT2D eigenvalue weighted by molar-refractivity contribution is 5.75. The van der Waals surface area contributed by atoms with Crippen molar-refractivity contribution in [1.29, 1.82) is 0 Å². The predicted molar refractivity (Wildman–Crippen MR) is 100 cm³/mol. The zero-order chi connectivity index (χ0) is 17.6. The van der Waals surface area contributed by atoms with Crippen molar-refractivity contribution in [2.45, 2.75) is 26.2 Å². The van der Waals surface area contributed by atoms with Crippen molar-refractivity contribution in [3.05, 3.63) is 54.5 Å². The molecule has 130 valence electrons. The number of H-pyrrole nitrogens is 1. The summed E-state index contributed by atoms with van der Waals surface area (Å²) in [7, 11) is 2.00. The van der Waals surface area contributed by atoms with Crippen LogP contribution in [0, 0.1) is 0 Å². The quantitative estimate of drug-likeness (QED) is 0.693. The van der Waals surface area contributed by atoms with E-state index in [0.717, 1.165) is 41.2 Å². The zero-order valence-corrected chi connectivity index (χ0v) is 14.7. The molecule has 0 aliphatic carbocycles. The maximum atomic E-state index is 11.5. The minimum Gasteiger partial charge on any atom is -0.361 e. The normalized spacial score (nSPS) is 10.8. The molecule has 3 rings (SSSR count). The zero-order valence-electron chi connectivity index (χ0n) is 14.7. The van der Waals surface area contributed by atoms with Gasteiger partial charge in [-0.1, -0.05) is 25.1 Å². The van der Waals surface area contributed by atoms with Gasteiger partial charge in [-0.05, 0) is 30.2 Å². The molecule has 0 bridgehead atoms. The number of imidazole rings is 1. The van der Waals surface area contributed by atoms with Gasteiger partial charge < -0.3 is 14.9 Å². The molecule has 0 saturated heterocycles. The highest BCUT2D eigenvalue weighted by Crippen LogP contribution is 2.24. The van der Waals surface area contributed by atoms with Crippen LogP contribution in [0.2, 0.25) is 0 Å².